The summed E-state index contributed by atoms with van der Waals surface area (Å²) in [5, 5.41) is 0. The first-order valence-electron chi connectivity index (χ1n) is 6.05. The van der Waals surface area contributed by atoms with Crippen LogP contribution in [0.5, 0.6) is 0 Å². The van der Waals surface area contributed by atoms with Crippen molar-refractivity contribution in [3.8, 4) is 0 Å². The molecular formula is C12H22N2. The highest BCUT2D eigenvalue weighted by molar-refractivity contribution is 5.80. The molecule has 80 valence electrons. The van der Waals surface area contributed by atoms with Gasteiger partial charge in [-0.2, -0.15) is 0 Å². The van der Waals surface area contributed by atoms with Gasteiger partial charge in [0.15, 0.2) is 0 Å². The SMILES string of the molecule is CC1=NCCCN1C1CCC(C)CC1. The summed E-state index contributed by atoms with van der Waals surface area (Å²) in [6.45, 7) is 6.85. The van der Waals surface area contributed by atoms with Gasteiger partial charge in [-0.15, -0.1) is 0 Å². The Bertz CT molecular complexity index is 214. The molecule has 14 heavy (non-hydrogen) atoms. The molecule has 0 spiro atoms. The molecule has 1 aliphatic carbocycles. The summed E-state index contributed by atoms with van der Waals surface area (Å²) in [5.74, 6) is 2.24. The van der Waals surface area contributed by atoms with Crippen LogP contribution in [0.15, 0.2) is 4.99 Å². The van der Waals surface area contributed by atoms with Crippen LogP contribution in [-0.2, 0) is 0 Å². The van der Waals surface area contributed by atoms with Crippen molar-refractivity contribution in [1.82, 2.24) is 4.90 Å². The van der Waals surface area contributed by atoms with Crippen LogP contribution in [0.3, 0.4) is 0 Å². The maximum Gasteiger partial charge on any atom is 0.0960 e. The van der Waals surface area contributed by atoms with E-state index < -0.39 is 0 Å². The average molecular weight is 194 g/mol. The summed E-state index contributed by atoms with van der Waals surface area (Å²) in [6, 6.07) is 0.801. The maximum absolute atomic E-state index is 4.55. The van der Waals surface area contributed by atoms with Crippen LogP contribution in [0.2, 0.25) is 0 Å². The molecule has 0 aromatic heterocycles. The lowest BCUT2D eigenvalue weighted by Gasteiger charge is -2.39. The number of hydrogen-bond donors (Lipinski definition) is 0. The van der Waals surface area contributed by atoms with Gasteiger partial charge in [0.1, 0.15) is 0 Å². The van der Waals surface area contributed by atoms with E-state index in [4.69, 9.17) is 0 Å². The Morgan fingerprint density at radius 2 is 1.93 bits per heavy atom. The highest BCUT2D eigenvalue weighted by Crippen LogP contribution is 2.28. The van der Waals surface area contributed by atoms with Crippen molar-refractivity contribution in [2.45, 2.75) is 52.0 Å². The molecule has 2 nitrogen and oxygen atoms in total. The third-order valence-corrected chi connectivity index (χ3v) is 3.74. The number of aliphatic imine (C=N–C) groups is 1. The van der Waals surface area contributed by atoms with E-state index in [0.717, 1.165) is 18.5 Å². The number of nitrogens with zero attached hydrogens (tertiary/aromatic N) is 2. The van der Waals surface area contributed by atoms with E-state index in [1.807, 2.05) is 0 Å². The van der Waals surface area contributed by atoms with Gasteiger partial charge in [-0.1, -0.05) is 6.92 Å². The van der Waals surface area contributed by atoms with Crippen molar-refractivity contribution in [3.05, 3.63) is 0 Å². The van der Waals surface area contributed by atoms with E-state index >= 15 is 0 Å². The third-order valence-electron chi connectivity index (χ3n) is 3.74. The molecule has 1 saturated carbocycles. The third kappa shape index (κ3) is 2.10. The van der Waals surface area contributed by atoms with Crippen molar-refractivity contribution >= 4 is 5.84 Å². The van der Waals surface area contributed by atoms with E-state index in [1.165, 1.54) is 44.5 Å². The molecule has 1 fully saturated rings. The smallest absolute Gasteiger partial charge is 0.0960 e. The largest absolute Gasteiger partial charge is 0.358 e. The van der Waals surface area contributed by atoms with Gasteiger partial charge in [-0.25, -0.2) is 0 Å². The van der Waals surface area contributed by atoms with Crippen LogP contribution >= 0.6 is 0 Å². The van der Waals surface area contributed by atoms with Gasteiger partial charge < -0.3 is 4.90 Å². The van der Waals surface area contributed by atoms with Crippen LogP contribution in [0.4, 0.5) is 0 Å². The van der Waals surface area contributed by atoms with Gasteiger partial charge in [-0.3, -0.25) is 4.99 Å². The first kappa shape index (κ1) is 10.0. The van der Waals surface area contributed by atoms with Crippen molar-refractivity contribution < 1.29 is 0 Å². The fourth-order valence-corrected chi connectivity index (χ4v) is 2.74. The summed E-state index contributed by atoms with van der Waals surface area (Å²) < 4.78 is 0. The lowest BCUT2D eigenvalue weighted by molar-refractivity contribution is 0.206. The molecule has 0 radical (unpaired) electrons. The molecule has 0 bridgehead atoms. The number of hydrogen-bond acceptors (Lipinski definition) is 2. The predicted molar refractivity (Wildman–Crippen MR) is 60.7 cm³/mol. The summed E-state index contributed by atoms with van der Waals surface area (Å²) in [5.41, 5.74) is 0. The van der Waals surface area contributed by atoms with Crippen LogP contribution in [-0.4, -0.2) is 29.9 Å². The monoisotopic (exact) mass is 194 g/mol. The fourth-order valence-electron chi connectivity index (χ4n) is 2.74. The van der Waals surface area contributed by atoms with Crippen LogP contribution in [0, 0.1) is 5.92 Å². The van der Waals surface area contributed by atoms with Crippen LogP contribution in [0.25, 0.3) is 0 Å². The zero-order valence-corrected chi connectivity index (χ0v) is 9.50. The number of amidine groups is 1. The zero-order valence-electron chi connectivity index (χ0n) is 9.50. The standard InChI is InChI=1S/C12H22N2/c1-10-4-6-12(7-5-10)14-9-3-8-13-11(14)2/h10,12H,3-9H2,1-2H3. The van der Waals surface area contributed by atoms with E-state index in [0.29, 0.717) is 0 Å². The molecular weight excluding hydrogens is 172 g/mol. The minimum Gasteiger partial charge on any atom is -0.358 e. The molecule has 2 rings (SSSR count). The molecule has 0 saturated heterocycles. The van der Waals surface area contributed by atoms with Crippen molar-refractivity contribution in [3.63, 3.8) is 0 Å². The van der Waals surface area contributed by atoms with Gasteiger partial charge >= 0.3 is 0 Å². The van der Waals surface area contributed by atoms with E-state index in [9.17, 15) is 0 Å². The van der Waals surface area contributed by atoms with Crippen LogP contribution < -0.4 is 0 Å². The highest BCUT2D eigenvalue weighted by Gasteiger charge is 2.25. The predicted octanol–water partition coefficient (Wildman–Crippen LogP) is 2.69. The molecule has 0 unspecified atom stereocenters. The summed E-state index contributed by atoms with van der Waals surface area (Å²) in [7, 11) is 0. The topological polar surface area (TPSA) is 15.6 Å². The molecule has 0 aromatic carbocycles. The highest BCUT2D eigenvalue weighted by atomic mass is 15.2. The second-order valence-corrected chi connectivity index (χ2v) is 4.89. The van der Waals surface area contributed by atoms with Gasteiger partial charge in [-0.05, 0) is 44.9 Å². The van der Waals surface area contributed by atoms with Gasteiger partial charge in [0.2, 0.25) is 0 Å². The first-order valence-corrected chi connectivity index (χ1v) is 6.05. The summed E-state index contributed by atoms with van der Waals surface area (Å²) >= 11 is 0. The van der Waals surface area contributed by atoms with Crippen molar-refractivity contribution in [1.29, 1.82) is 0 Å². The Labute approximate surface area is 87.4 Å². The van der Waals surface area contributed by atoms with Gasteiger partial charge in [0.25, 0.3) is 0 Å². The molecule has 1 aliphatic heterocycles. The molecule has 0 N–H and O–H groups in total. The van der Waals surface area contributed by atoms with E-state index in [1.54, 1.807) is 0 Å². The Morgan fingerprint density at radius 1 is 1.21 bits per heavy atom. The molecule has 0 atom stereocenters. The Balaban J connectivity index is 1.94. The van der Waals surface area contributed by atoms with Crippen molar-refractivity contribution in [2.24, 2.45) is 10.9 Å². The van der Waals surface area contributed by atoms with Crippen molar-refractivity contribution in [2.75, 3.05) is 13.1 Å². The normalized spacial score (nSPS) is 34.1. The van der Waals surface area contributed by atoms with Gasteiger partial charge in [0.05, 0.1) is 5.84 Å². The molecule has 0 amide bonds. The van der Waals surface area contributed by atoms with E-state index in [2.05, 4.69) is 23.7 Å². The summed E-state index contributed by atoms with van der Waals surface area (Å²) in [4.78, 5) is 7.10. The molecule has 2 heteroatoms. The average Bonchev–Trinajstić information content (AvgIpc) is 2.20. The second-order valence-electron chi connectivity index (χ2n) is 4.89. The minimum absolute atomic E-state index is 0.801. The van der Waals surface area contributed by atoms with E-state index in [-0.39, 0.29) is 0 Å². The molecule has 0 aromatic rings. The maximum atomic E-state index is 4.55. The Hall–Kier alpha value is -0.530. The lowest BCUT2D eigenvalue weighted by atomic mass is 9.86. The van der Waals surface area contributed by atoms with Gasteiger partial charge in [0, 0.05) is 19.1 Å². The Morgan fingerprint density at radius 3 is 2.57 bits per heavy atom. The molecule has 1 heterocycles. The van der Waals surface area contributed by atoms with Crippen LogP contribution in [0.1, 0.15) is 46.0 Å². The lowest BCUT2D eigenvalue weighted by Crippen LogP contribution is -2.43. The zero-order chi connectivity index (χ0) is 9.97. The second kappa shape index (κ2) is 4.33. The quantitative estimate of drug-likeness (QED) is 0.626. The summed E-state index contributed by atoms with van der Waals surface area (Å²) in [6.07, 6.45) is 6.84. The Kier molecular flexibility index (Phi) is 3.09. The molecule has 2 aliphatic rings. The first-order chi connectivity index (χ1) is 6.77. The number of rotatable bonds is 1. The fraction of sp³-hybridized carbons (Fsp3) is 0.917. The minimum atomic E-state index is 0.801.